The van der Waals surface area contributed by atoms with Crippen LogP contribution in [0.4, 0.5) is 16.4 Å². The van der Waals surface area contributed by atoms with Crippen molar-refractivity contribution in [2.75, 3.05) is 36.8 Å². The van der Waals surface area contributed by atoms with Gasteiger partial charge >= 0.3 is 16.1 Å². The fourth-order valence-electron chi connectivity index (χ4n) is 4.96. The number of imidazole rings is 1. The third kappa shape index (κ3) is 6.72. The van der Waals surface area contributed by atoms with Crippen LogP contribution in [0, 0.1) is 0 Å². The number of carbonyl (C=O) groups excluding carboxylic acids is 1. The van der Waals surface area contributed by atoms with Gasteiger partial charge in [0, 0.05) is 24.3 Å². The van der Waals surface area contributed by atoms with Crippen molar-refractivity contribution in [2.45, 2.75) is 55.9 Å². The first-order valence-electron chi connectivity index (χ1n) is 13.0. The number of anilines is 2. The zero-order valence-corrected chi connectivity index (χ0v) is 21.6. The molecule has 4 N–H and O–H groups in total. The van der Waals surface area contributed by atoms with Crippen LogP contribution in [-0.4, -0.2) is 61.5 Å². The number of aromatic nitrogens is 2. The van der Waals surface area contributed by atoms with Gasteiger partial charge in [0.15, 0.2) is 0 Å². The smallest absolute Gasteiger partial charge is 0.339 e. The Morgan fingerprint density at radius 1 is 1.05 bits per heavy atom. The number of nitrogens with zero attached hydrogens (tertiary/aromatic N) is 2. The summed E-state index contributed by atoms with van der Waals surface area (Å²) in [7, 11) is -4.01. The lowest BCUT2D eigenvalue weighted by molar-refractivity contribution is 0.250. The zero-order valence-electron chi connectivity index (χ0n) is 20.8. The molecule has 0 atom stereocenters. The number of H-pyrrole nitrogens is 1. The van der Waals surface area contributed by atoms with E-state index in [-0.39, 0.29) is 22.6 Å². The molecule has 3 aromatic rings. The second-order valence-corrected chi connectivity index (χ2v) is 11.3. The maximum absolute atomic E-state index is 12.8. The molecular formula is C26H34N6O4S. The van der Waals surface area contributed by atoms with Gasteiger partial charge < -0.3 is 24.7 Å². The number of urea groups is 1. The third-order valence-corrected chi connectivity index (χ3v) is 8.16. The molecule has 2 aliphatic rings. The Bertz CT molecular complexity index is 1310. The van der Waals surface area contributed by atoms with Gasteiger partial charge in [-0.25, -0.2) is 9.78 Å². The minimum absolute atomic E-state index is 0.0790. The number of likely N-dealkylation sites (tertiary alicyclic amines) is 1. The Morgan fingerprint density at radius 2 is 1.81 bits per heavy atom. The van der Waals surface area contributed by atoms with Gasteiger partial charge in [-0.1, -0.05) is 12.8 Å². The lowest BCUT2D eigenvalue weighted by Crippen LogP contribution is -2.32. The molecule has 11 heteroatoms. The normalized spacial score (nSPS) is 16.8. The van der Waals surface area contributed by atoms with Crippen LogP contribution < -0.4 is 20.1 Å². The van der Waals surface area contributed by atoms with Crippen LogP contribution in [0.25, 0.3) is 11.0 Å². The largest absolute Gasteiger partial charge is 0.382 e. The van der Waals surface area contributed by atoms with Crippen molar-refractivity contribution in [1.29, 1.82) is 0 Å². The molecule has 1 saturated heterocycles. The number of rotatable bonds is 10. The molecule has 1 aliphatic heterocycles. The average Bonchev–Trinajstić information content (AvgIpc) is 3.64. The van der Waals surface area contributed by atoms with E-state index in [4.69, 9.17) is 4.18 Å². The van der Waals surface area contributed by atoms with E-state index in [1.807, 2.05) is 0 Å². The lowest BCUT2D eigenvalue weighted by Gasteiger charge is -2.14. The van der Waals surface area contributed by atoms with E-state index >= 15 is 0 Å². The predicted molar refractivity (Wildman–Crippen MR) is 144 cm³/mol. The number of aromatic amines is 1. The standard InChI is InChI=1S/C26H34N6O4S/c33-26(27-14-5-17-32-15-3-4-16-32)31-25-29-23-13-10-21(18-24(23)30-25)36-37(34,35)22-11-8-20(9-12-22)28-19-6-1-2-7-19/h8-13,18-19,28H,1-7,14-17H2,(H3,27,29,30,31,33). The molecule has 2 heterocycles. The van der Waals surface area contributed by atoms with Crippen molar-refractivity contribution >= 4 is 38.8 Å². The van der Waals surface area contributed by atoms with E-state index in [9.17, 15) is 13.2 Å². The summed E-state index contributed by atoms with van der Waals surface area (Å²) in [6.07, 6.45) is 8.12. The van der Waals surface area contributed by atoms with Gasteiger partial charge in [-0.15, -0.1) is 0 Å². The van der Waals surface area contributed by atoms with Gasteiger partial charge in [-0.3, -0.25) is 5.32 Å². The fraction of sp³-hybridized carbons (Fsp3) is 0.462. The third-order valence-electron chi connectivity index (χ3n) is 6.90. The second kappa shape index (κ2) is 11.4. The predicted octanol–water partition coefficient (Wildman–Crippen LogP) is 4.29. The molecule has 5 rings (SSSR count). The summed E-state index contributed by atoms with van der Waals surface area (Å²) in [4.78, 5) is 22.1. The maximum Gasteiger partial charge on any atom is 0.339 e. The van der Waals surface area contributed by atoms with Crippen LogP contribution in [0.15, 0.2) is 47.4 Å². The fourth-order valence-corrected chi connectivity index (χ4v) is 5.88. The molecule has 0 radical (unpaired) electrons. The van der Waals surface area contributed by atoms with Crippen molar-refractivity contribution in [3.05, 3.63) is 42.5 Å². The van der Waals surface area contributed by atoms with Crippen LogP contribution in [0.2, 0.25) is 0 Å². The quantitative estimate of drug-likeness (QED) is 0.229. The van der Waals surface area contributed by atoms with Gasteiger partial charge in [-0.2, -0.15) is 8.42 Å². The summed E-state index contributed by atoms with van der Waals surface area (Å²) < 4.78 is 31.0. The number of hydrogen-bond acceptors (Lipinski definition) is 7. The van der Waals surface area contributed by atoms with E-state index in [0.717, 1.165) is 44.6 Å². The summed E-state index contributed by atoms with van der Waals surface area (Å²) in [6.45, 7) is 3.85. The summed E-state index contributed by atoms with van der Waals surface area (Å²) >= 11 is 0. The first-order valence-corrected chi connectivity index (χ1v) is 14.4. The molecule has 10 nitrogen and oxygen atoms in total. The molecular weight excluding hydrogens is 492 g/mol. The van der Waals surface area contributed by atoms with Gasteiger partial charge in [0.1, 0.15) is 10.6 Å². The van der Waals surface area contributed by atoms with E-state index in [1.165, 1.54) is 31.7 Å². The average molecular weight is 527 g/mol. The highest BCUT2D eigenvalue weighted by Gasteiger charge is 2.19. The van der Waals surface area contributed by atoms with Crippen molar-refractivity contribution in [1.82, 2.24) is 20.2 Å². The van der Waals surface area contributed by atoms with Crippen LogP contribution in [0.1, 0.15) is 44.9 Å². The summed E-state index contributed by atoms with van der Waals surface area (Å²) in [5.74, 6) is 0.419. The molecule has 0 bridgehead atoms. The Hall–Kier alpha value is -3.31. The number of carbonyl (C=O) groups is 1. The number of fused-ring (bicyclic) bond motifs is 1. The molecule has 1 aliphatic carbocycles. The molecule has 37 heavy (non-hydrogen) atoms. The van der Waals surface area contributed by atoms with E-state index in [2.05, 4.69) is 30.8 Å². The highest BCUT2D eigenvalue weighted by atomic mass is 32.2. The van der Waals surface area contributed by atoms with Gasteiger partial charge in [0.05, 0.1) is 11.0 Å². The van der Waals surface area contributed by atoms with Gasteiger partial charge in [0.2, 0.25) is 5.95 Å². The molecule has 1 saturated carbocycles. The molecule has 2 amide bonds. The molecule has 2 fully saturated rings. The van der Waals surface area contributed by atoms with Crippen molar-refractivity contribution in [2.24, 2.45) is 0 Å². The number of hydrogen-bond donors (Lipinski definition) is 4. The first kappa shape index (κ1) is 25.3. The van der Waals surface area contributed by atoms with Crippen LogP contribution >= 0.6 is 0 Å². The zero-order chi connectivity index (χ0) is 25.7. The first-order chi connectivity index (χ1) is 17.9. The monoisotopic (exact) mass is 526 g/mol. The molecule has 2 aromatic carbocycles. The number of amides is 2. The Morgan fingerprint density at radius 3 is 2.57 bits per heavy atom. The maximum atomic E-state index is 12.8. The van der Waals surface area contributed by atoms with Crippen molar-refractivity contribution < 1.29 is 17.4 Å². The van der Waals surface area contributed by atoms with Gasteiger partial charge in [-0.05, 0) is 88.1 Å². The molecule has 198 valence electrons. The number of benzene rings is 2. The number of nitrogens with one attached hydrogen (secondary N) is 4. The Labute approximate surface area is 217 Å². The van der Waals surface area contributed by atoms with Crippen LogP contribution in [0.5, 0.6) is 5.75 Å². The Balaban J connectivity index is 1.15. The van der Waals surface area contributed by atoms with E-state index in [0.29, 0.717) is 23.6 Å². The van der Waals surface area contributed by atoms with Gasteiger partial charge in [0.25, 0.3) is 0 Å². The topological polar surface area (TPSA) is 128 Å². The van der Waals surface area contributed by atoms with Crippen LogP contribution in [-0.2, 0) is 10.1 Å². The minimum Gasteiger partial charge on any atom is -0.382 e. The summed E-state index contributed by atoms with van der Waals surface area (Å²) in [5, 5.41) is 8.97. The lowest BCUT2D eigenvalue weighted by atomic mass is 10.2. The highest BCUT2D eigenvalue weighted by molar-refractivity contribution is 7.87. The highest BCUT2D eigenvalue weighted by Crippen LogP contribution is 2.26. The summed E-state index contributed by atoms with van der Waals surface area (Å²) in [5.41, 5.74) is 2.03. The van der Waals surface area contributed by atoms with Crippen molar-refractivity contribution in [3.8, 4) is 5.75 Å². The molecule has 0 spiro atoms. The van der Waals surface area contributed by atoms with E-state index in [1.54, 1.807) is 36.4 Å². The Kier molecular flexibility index (Phi) is 7.80. The minimum atomic E-state index is -4.01. The SMILES string of the molecule is O=C(NCCCN1CCCC1)Nc1nc2cc(OS(=O)(=O)c3ccc(NC4CCCC4)cc3)ccc2[nH]1. The molecule has 1 aromatic heterocycles. The van der Waals surface area contributed by atoms with Crippen LogP contribution in [0.3, 0.4) is 0 Å². The summed E-state index contributed by atoms with van der Waals surface area (Å²) in [6, 6.07) is 11.5. The van der Waals surface area contributed by atoms with E-state index < -0.39 is 10.1 Å². The van der Waals surface area contributed by atoms with Crippen molar-refractivity contribution in [3.63, 3.8) is 0 Å². The molecule has 0 unspecified atom stereocenters. The second-order valence-electron chi connectivity index (χ2n) is 9.74.